The Morgan fingerprint density at radius 1 is 1.04 bits per heavy atom. The first-order valence-corrected chi connectivity index (χ1v) is 9.38. The summed E-state index contributed by atoms with van der Waals surface area (Å²) in [7, 11) is 3.64. The number of aryl methyl sites for hydroxylation is 2. The fourth-order valence-electron chi connectivity index (χ4n) is 3.26. The van der Waals surface area contributed by atoms with Gasteiger partial charge in [0.2, 0.25) is 5.91 Å². The van der Waals surface area contributed by atoms with Gasteiger partial charge in [0.1, 0.15) is 0 Å². The number of carbonyl (C=O) groups excluding carboxylic acids is 2. The van der Waals surface area contributed by atoms with Crippen LogP contribution in [0.25, 0.3) is 11.1 Å². The second-order valence-electron chi connectivity index (χ2n) is 6.97. The Morgan fingerprint density at radius 2 is 1.71 bits per heavy atom. The molecular weight excluding hydrogens is 350 g/mol. The number of carbonyl (C=O) groups is 2. The molecule has 3 rings (SSSR count). The quantitative estimate of drug-likeness (QED) is 0.607. The molecule has 0 fully saturated rings. The van der Waals surface area contributed by atoms with E-state index < -0.39 is 0 Å². The first-order valence-electron chi connectivity index (χ1n) is 9.38. The number of hydrogen-bond acceptors (Lipinski definition) is 3. The maximum atomic E-state index is 12.5. The van der Waals surface area contributed by atoms with Gasteiger partial charge < -0.3 is 4.90 Å². The number of aromatic nitrogens is 2. The van der Waals surface area contributed by atoms with E-state index in [4.69, 9.17) is 0 Å². The van der Waals surface area contributed by atoms with E-state index >= 15 is 0 Å². The summed E-state index contributed by atoms with van der Waals surface area (Å²) in [6.45, 7) is 3.86. The van der Waals surface area contributed by atoms with Gasteiger partial charge in [0.05, 0.1) is 12.1 Å². The smallest absolute Gasteiger partial charge is 0.226 e. The van der Waals surface area contributed by atoms with Crippen LogP contribution in [-0.2, 0) is 18.3 Å². The van der Waals surface area contributed by atoms with Gasteiger partial charge in [-0.15, -0.1) is 0 Å². The fraction of sp³-hybridized carbons (Fsp3) is 0.261. The Morgan fingerprint density at radius 3 is 2.29 bits per heavy atom. The number of rotatable bonds is 6. The minimum atomic E-state index is 0.0523. The lowest BCUT2D eigenvalue weighted by atomic mass is 9.99. The standard InChI is InChI=1S/C23H25N3O2/c1-5-23(28)26(4)21-11-10-19(14-16(21)2)17-6-8-18(9-7-17)22(27)15-20-12-13-25(3)24-20/h6-14H,5,15H2,1-4H3. The highest BCUT2D eigenvalue weighted by Crippen LogP contribution is 2.27. The molecule has 1 heterocycles. The SMILES string of the molecule is CCC(=O)N(C)c1ccc(-c2ccc(C(=O)Cc3ccn(C)n3)cc2)cc1C. The van der Waals surface area contributed by atoms with Gasteiger partial charge >= 0.3 is 0 Å². The molecule has 3 aromatic rings. The molecule has 5 heteroatoms. The fourth-order valence-corrected chi connectivity index (χ4v) is 3.26. The number of amides is 1. The van der Waals surface area contributed by atoms with E-state index in [-0.39, 0.29) is 11.7 Å². The van der Waals surface area contributed by atoms with Crippen LogP contribution >= 0.6 is 0 Å². The Kier molecular flexibility index (Phi) is 5.73. The molecule has 0 saturated heterocycles. The predicted octanol–water partition coefficient (Wildman–Crippen LogP) is 4.19. The van der Waals surface area contributed by atoms with Crippen LogP contribution in [0.4, 0.5) is 5.69 Å². The van der Waals surface area contributed by atoms with E-state index in [9.17, 15) is 9.59 Å². The molecule has 28 heavy (non-hydrogen) atoms. The predicted molar refractivity (Wildman–Crippen MR) is 112 cm³/mol. The third-order valence-corrected chi connectivity index (χ3v) is 4.89. The molecule has 2 aromatic carbocycles. The highest BCUT2D eigenvalue weighted by molar-refractivity contribution is 5.98. The van der Waals surface area contributed by atoms with Crippen LogP contribution in [0.5, 0.6) is 0 Å². The van der Waals surface area contributed by atoms with Crippen LogP contribution in [-0.4, -0.2) is 28.5 Å². The largest absolute Gasteiger partial charge is 0.315 e. The maximum absolute atomic E-state index is 12.5. The number of ketones is 1. The van der Waals surface area contributed by atoms with Crippen LogP contribution in [0.3, 0.4) is 0 Å². The number of nitrogens with zero attached hydrogens (tertiary/aromatic N) is 3. The number of anilines is 1. The van der Waals surface area contributed by atoms with Crippen molar-refractivity contribution in [1.82, 2.24) is 9.78 Å². The molecule has 0 N–H and O–H groups in total. The molecule has 0 radical (unpaired) electrons. The molecule has 0 aliphatic heterocycles. The Hall–Kier alpha value is -3.21. The van der Waals surface area contributed by atoms with Crippen molar-refractivity contribution in [2.75, 3.05) is 11.9 Å². The molecule has 0 atom stereocenters. The topological polar surface area (TPSA) is 55.2 Å². The molecule has 5 nitrogen and oxygen atoms in total. The third kappa shape index (κ3) is 4.19. The second kappa shape index (κ2) is 8.21. The molecule has 0 aliphatic rings. The minimum Gasteiger partial charge on any atom is -0.315 e. The summed E-state index contributed by atoms with van der Waals surface area (Å²) < 4.78 is 1.70. The van der Waals surface area contributed by atoms with Crippen molar-refractivity contribution in [2.24, 2.45) is 7.05 Å². The molecule has 0 aliphatic carbocycles. The van der Waals surface area contributed by atoms with Crippen LogP contribution in [0.1, 0.15) is 35.0 Å². The van der Waals surface area contributed by atoms with Crippen molar-refractivity contribution in [3.8, 4) is 11.1 Å². The van der Waals surface area contributed by atoms with E-state index in [2.05, 4.69) is 11.2 Å². The minimum absolute atomic E-state index is 0.0523. The van der Waals surface area contributed by atoms with Crippen molar-refractivity contribution in [1.29, 1.82) is 0 Å². The highest BCUT2D eigenvalue weighted by Gasteiger charge is 2.13. The Labute approximate surface area is 165 Å². The summed E-state index contributed by atoms with van der Waals surface area (Å²) >= 11 is 0. The molecule has 1 aromatic heterocycles. The van der Waals surface area contributed by atoms with E-state index in [0.29, 0.717) is 18.4 Å². The third-order valence-electron chi connectivity index (χ3n) is 4.89. The maximum Gasteiger partial charge on any atom is 0.226 e. The molecule has 0 spiro atoms. The van der Waals surface area contributed by atoms with E-state index in [1.165, 1.54) is 0 Å². The van der Waals surface area contributed by atoms with Crippen LogP contribution in [0.2, 0.25) is 0 Å². The second-order valence-corrected chi connectivity index (χ2v) is 6.97. The summed E-state index contributed by atoms with van der Waals surface area (Å²) in [6.07, 6.45) is 2.61. The van der Waals surface area contributed by atoms with E-state index in [1.54, 1.807) is 16.6 Å². The van der Waals surface area contributed by atoms with Crippen molar-refractivity contribution in [3.05, 3.63) is 71.5 Å². The van der Waals surface area contributed by atoms with Crippen LogP contribution in [0, 0.1) is 6.92 Å². The van der Waals surface area contributed by atoms with Crippen LogP contribution in [0.15, 0.2) is 54.7 Å². The Balaban J connectivity index is 1.77. The molecule has 1 amide bonds. The lowest BCUT2D eigenvalue weighted by molar-refractivity contribution is -0.118. The van der Waals surface area contributed by atoms with Gasteiger partial charge in [0.15, 0.2) is 5.78 Å². The van der Waals surface area contributed by atoms with Gasteiger partial charge in [-0.3, -0.25) is 14.3 Å². The highest BCUT2D eigenvalue weighted by atomic mass is 16.2. The summed E-state index contributed by atoms with van der Waals surface area (Å²) in [4.78, 5) is 26.1. The van der Waals surface area contributed by atoms with Crippen LogP contribution < -0.4 is 4.90 Å². The average Bonchev–Trinajstić information content (AvgIpc) is 3.11. The summed E-state index contributed by atoms with van der Waals surface area (Å²) in [5.41, 5.74) is 5.50. The zero-order valence-electron chi connectivity index (χ0n) is 16.8. The zero-order valence-corrected chi connectivity index (χ0v) is 16.8. The van der Waals surface area contributed by atoms with Gasteiger partial charge in [-0.2, -0.15) is 5.10 Å². The normalized spacial score (nSPS) is 10.7. The number of Topliss-reactive ketones (excluding diaryl/α,β-unsaturated/α-hetero) is 1. The van der Waals surface area contributed by atoms with Gasteiger partial charge in [0, 0.05) is 38.0 Å². The molecule has 0 saturated carbocycles. The summed E-state index contributed by atoms with van der Waals surface area (Å²) in [5.74, 6) is 0.142. The number of hydrogen-bond donors (Lipinski definition) is 0. The average molecular weight is 375 g/mol. The van der Waals surface area contributed by atoms with Crippen molar-refractivity contribution in [3.63, 3.8) is 0 Å². The van der Waals surface area contributed by atoms with Gasteiger partial charge in [0.25, 0.3) is 0 Å². The van der Waals surface area contributed by atoms with Gasteiger partial charge in [-0.25, -0.2) is 0 Å². The zero-order chi connectivity index (χ0) is 20.3. The van der Waals surface area contributed by atoms with Crippen molar-refractivity contribution < 1.29 is 9.59 Å². The van der Waals surface area contributed by atoms with E-state index in [0.717, 1.165) is 28.1 Å². The van der Waals surface area contributed by atoms with Gasteiger partial charge in [-0.05, 0) is 41.8 Å². The van der Waals surface area contributed by atoms with Gasteiger partial charge in [-0.1, -0.05) is 37.3 Å². The first kappa shape index (κ1) is 19.5. The summed E-state index contributed by atoms with van der Waals surface area (Å²) in [5, 5.41) is 4.26. The lowest BCUT2D eigenvalue weighted by Gasteiger charge is -2.19. The molecule has 0 unspecified atom stereocenters. The summed E-state index contributed by atoms with van der Waals surface area (Å²) in [6, 6.07) is 15.5. The molecule has 144 valence electrons. The monoisotopic (exact) mass is 375 g/mol. The number of benzene rings is 2. The lowest BCUT2D eigenvalue weighted by Crippen LogP contribution is -2.25. The molecular formula is C23H25N3O2. The molecule has 0 bridgehead atoms. The van der Waals surface area contributed by atoms with E-state index in [1.807, 2.05) is 69.6 Å². The van der Waals surface area contributed by atoms with Crippen molar-refractivity contribution >= 4 is 17.4 Å². The first-order chi connectivity index (χ1) is 13.4. The van der Waals surface area contributed by atoms with Crippen molar-refractivity contribution in [2.45, 2.75) is 26.7 Å². The Bertz CT molecular complexity index is 1000.